The Bertz CT molecular complexity index is 274. The van der Waals surface area contributed by atoms with Gasteiger partial charge in [0.25, 0.3) is 0 Å². The minimum Gasteiger partial charge on any atom is -0.323 e. The van der Waals surface area contributed by atoms with Gasteiger partial charge in [0, 0.05) is 12.2 Å². The molecule has 0 amide bonds. The molecule has 0 unspecified atom stereocenters. The molecule has 2 N–H and O–H groups in total. The van der Waals surface area contributed by atoms with Crippen LogP contribution in [-0.2, 0) is 0 Å². The van der Waals surface area contributed by atoms with E-state index in [4.69, 9.17) is 17.3 Å². The third-order valence-corrected chi connectivity index (χ3v) is 2.27. The molecule has 0 bridgehead atoms. The molecule has 1 aromatic rings. The smallest absolute Gasteiger partial charge is 0.129 e. The average molecular weight is 199 g/mol. The second-order valence-corrected chi connectivity index (χ2v) is 4.65. The molecule has 1 aromatic heterocycles. The van der Waals surface area contributed by atoms with E-state index < -0.39 is 0 Å². The maximum absolute atomic E-state index is 6.04. The maximum Gasteiger partial charge on any atom is 0.129 e. The van der Waals surface area contributed by atoms with Crippen molar-refractivity contribution in [2.24, 2.45) is 11.1 Å². The summed E-state index contributed by atoms with van der Waals surface area (Å²) >= 11 is 5.68. The average Bonchev–Trinajstić information content (AvgIpc) is 2.03. The number of halogens is 1. The van der Waals surface area contributed by atoms with Crippen LogP contribution in [0.25, 0.3) is 0 Å². The van der Waals surface area contributed by atoms with E-state index in [1.165, 1.54) is 0 Å². The molecule has 1 rings (SSSR count). The lowest BCUT2D eigenvalue weighted by Gasteiger charge is -2.26. The van der Waals surface area contributed by atoms with Gasteiger partial charge in [-0.1, -0.05) is 38.4 Å². The summed E-state index contributed by atoms with van der Waals surface area (Å²) in [4.78, 5) is 4.00. The van der Waals surface area contributed by atoms with Crippen molar-refractivity contribution >= 4 is 11.6 Å². The zero-order chi connectivity index (χ0) is 10.1. The van der Waals surface area contributed by atoms with E-state index in [1.807, 2.05) is 6.07 Å². The van der Waals surface area contributed by atoms with Gasteiger partial charge in [0.05, 0.1) is 0 Å². The van der Waals surface area contributed by atoms with Crippen molar-refractivity contribution in [2.75, 3.05) is 0 Å². The minimum atomic E-state index is -0.00253. The van der Waals surface area contributed by atoms with Gasteiger partial charge in [0.15, 0.2) is 0 Å². The normalized spacial score (nSPS) is 14.2. The Hall–Kier alpha value is -0.600. The van der Waals surface area contributed by atoms with E-state index >= 15 is 0 Å². The first kappa shape index (κ1) is 10.5. The molecule has 1 atom stereocenters. The number of pyridine rings is 1. The van der Waals surface area contributed by atoms with Crippen molar-refractivity contribution in [3.05, 3.63) is 29.0 Å². The molecule has 0 spiro atoms. The Balaban J connectivity index is 2.90. The number of aromatic nitrogens is 1. The van der Waals surface area contributed by atoms with Crippen LogP contribution in [0.2, 0.25) is 5.15 Å². The van der Waals surface area contributed by atoms with Crippen molar-refractivity contribution in [3.63, 3.8) is 0 Å². The van der Waals surface area contributed by atoms with E-state index in [0.717, 1.165) is 5.56 Å². The lowest BCUT2D eigenvalue weighted by molar-refractivity contribution is 0.326. The van der Waals surface area contributed by atoms with Gasteiger partial charge in [-0.15, -0.1) is 0 Å². The topological polar surface area (TPSA) is 38.9 Å². The number of nitrogens with zero attached hydrogens (tertiary/aromatic N) is 1. The fraction of sp³-hybridized carbons (Fsp3) is 0.500. The fourth-order valence-electron chi connectivity index (χ4n) is 1.07. The predicted molar refractivity (Wildman–Crippen MR) is 55.6 cm³/mol. The van der Waals surface area contributed by atoms with E-state index in [9.17, 15) is 0 Å². The molecular weight excluding hydrogens is 184 g/mol. The summed E-state index contributed by atoms with van der Waals surface area (Å²) in [6, 6.07) is 3.69. The number of rotatable bonds is 1. The number of hydrogen-bond acceptors (Lipinski definition) is 2. The fourth-order valence-corrected chi connectivity index (χ4v) is 1.18. The van der Waals surface area contributed by atoms with Gasteiger partial charge >= 0.3 is 0 Å². The van der Waals surface area contributed by atoms with Crippen molar-refractivity contribution in [1.29, 1.82) is 0 Å². The summed E-state index contributed by atoms with van der Waals surface area (Å²) in [5.74, 6) is 0. The lowest BCUT2D eigenvalue weighted by Crippen LogP contribution is -2.26. The monoisotopic (exact) mass is 198 g/mol. The third-order valence-electron chi connectivity index (χ3n) is 2.04. The zero-order valence-corrected chi connectivity index (χ0v) is 8.97. The SMILES string of the molecule is CC(C)(C)[C@@H](N)c1ccc(Cl)nc1. The molecule has 72 valence electrons. The molecule has 0 aliphatic rings. The van der Waals surface area contributed by atoms with Crippen LogP contribution in [0.1, 0.15) is 32.4 Å². The van der Waals surface area contributed by atoms with Gasteiger partial charge in [0.1, 0.15) is 5.15 Å². The summed E-state index contributed by atoms with van der Waals surface area (Å²) in [7, 11) is 0. The highest BCUT2D eigenvalue weighted by Gasteiger charge is 2.22. The van der Waals surface area contributed by atoms with E-state index in [2.05, 4.69) is 25.8 Å². The number of nitrogens with two attached hydrogens (primary N) is 1. The standard InChI is InChI=1S/C10H15ClN2/c1-10(2,3)9(12)7-4-5-8(11)13-6-7/h4-6,9H,12H2,1-3H3/t9-/m0/s1. The summed E-state index contributed by atoms with van der Waals surface area (Å²) in [5.41, 5.74) is 7.12. The quantitative estimate of drug-likeness (QED) is 0.705. The largest absolute Gasteiger partial charge is 0.323 e. The summed E-state index contributed by atoms with van der Waals surface area (Å²) < 4.78 is 0. The van der Waals surface area contributed by atoms with Gasteiger partial charge in [0.2, 0.25) is 0 Å². The highest BCUT2D eigenvalue weighted by Crippen LogP contribution is 2.29. The van der Waals surface area contributed by atoms with Gasteiger partial charge in [-0.3, -0.25) is 0 Å². The third kappa shape index (κ3) is 2.68. The number of hydrogen-bond donors (Lipinski definition) is 1. The molecular formula is C10H15ClN2. The van der Waals surface area contributed by atoms with Crippen LogP contribution in [-0.4, -0.2) is 4.98 Å². The summed E-state index contributed by atoms with van der Waals surface area (Å²) in [6.45, 7) is 6.31. The lowest BCUT2D eigenvalue weighted by atomic mass is 9.84. The first-order chi connectivity index (χ1) is 5.91. The second-order valence-electron chi connectivity index (χ2n) is 4.26. The first-order valence-corrected chi connectivity index (χ1v) is 4.66. The summed E-state index contributed by atoms with van der Waals surface area (Å²) in [5, 5.41) is 0.504. The van der Waals surface area contributed by atoms with E-state index in [1.54, 1.807) is 12.3 Å². The van der Waals surface area contributed by atoms with Crippen LogP contribution in [0.15, 0.2) is 18.3 Å². The zero-order valence-electron chi connectivity index (χ0n) is 8.21. The minimum absolute atomic E-state index is 0.00253. The molecule has 1 heterocycles. The van der Waals surface area contributed by atoms with Crippen LogP contribution in [0, 0.1) is 5.41 Å². The highest BCUT2D eigenvalue weighted by atomic mass is 35.5. The van der Waals surface area contributed by atoms with Crippen LogP contribution in [0.4, 0.5) is 0 Å². The molecule has 0 aliphatic carbocycles. The van der Waals surface area contributed by atoms with Crippen LogP contribution >= 0.6 is 11.6 Å². The maximum atomic E-state index is 6.04. The van der Waals surface area contributed by atoms with E-state index in [-0.39, 0.29) is 11.5 Å². The van der Waals surface area contributed by atoms with Gasteiger partial charge < -0.3 is 5.73 Å². The van der Waals surface area contributed by atoms with Crippen LogP contribution < -0.4 is 5.73 Å². The Labute approximate surface area is 84.1 Å². The Morgan fingerprint density at radius 3 is 2.38 bits per heavy atom. The summed E-state index contributed by atoms with van der Waals surface area (Å²) in [6.07, 6.45) is 1.73. The molecule has 0 saturated carbocycles. The van der Waals surface area contributed by atoms with Gasteiger partial charge in [-0.2, -0.15) is 0 Å². The van der Waals surface area contributed by atoms with Gasteiger partial charge in [-0.05, 0) is 17.0 Å². The van der Waals surface area contributed by atoms with Gasteiger partial charge in [-0.25, -0.2) is 4.98 Å². The first-order valence-electron chi connectivity index (χ1n) is 4.28. The Kier molecular flexibility index (Phi) is 2.94. The van der Waals surface area contributed by atoms with Crippen LogP contribution in [0.3, 0.4) is 0 Å². The molecule has 0 saturated heterocycles. The predicted octanol–water partition coefficient (Wildman–Crippen LogP) is 2.78. The molecule has 13 heavy (non-hydrogen) atoms. The molecule has 0 aromatic carbocycles. The van der Waals surface area contributed by atoms with Crippen molar-refractivity contribution in [2.45, 2.75) is 26.8 Å². The highest BCUT2D eigenvalue weighted by molar-refractivity contribution is 6.29. The molecule has 3 heteroatoms. The van der Waals surface area contributed by atoms with Crippen molar-refractivity contribution in [1.82, 2.24) is 4.98 Å². The van der Waals surface area contributed by atoms with Crippen molar-refractivity contribution < 1.29 is 0 Å². The van der Waals surface area contributed by atoms with E-state index in [0.29, 0.717) is 5.15 Å². The van der Waals surface area contributed by atoms with Crippen molar-refractivity contribution in [3.8, 4) is 0 Å². The Morgan fingerprint density at radius 2 is 2.00 bits per heavy atom. The molecule has 0 aliphatic heterocycles. The van der Waals surface area contributed by atoms with Crippen LogP contribution in [0.5, 0.6) is 0 Å². The Morgan fingerprint density at radius 1 is 1.38 bits per heavy atom. The second kappa shape index (κ2) is 3.64. The molecule has 2 nitrogen and oxygen atoms in total. The molecule has 0 radical (unpaired) electrons. The molecule has 0 fully saturated rings.